The van der Waals surface area contributed by atoms with Crippen molar-refractivity contribution in [3.8, 4) is 0 Å². The summed E-state index contributed by atoms with van der Waals surface area (Å²) in [4.78, 5) is 4.64. The lowest BCUT2D eigenvalue weighted by atomic mass is 9.79. The van der Waals surface area contributed by atoms with Gasteiger partial charge in [-0.25, -0.2) is 4.98 Å². The minimum atomic E-state index is -0.366. The Hall–Kier alpha value is -0.815. The molecule has 0 saturated carbocycles. The summed E-state index contributed by atoms with van der Waals surface area (Å²) >= 11 is 6.11. The van der Waals surface area contributed by atoms with Crippen LogP contribution < -0.4 is 0 Å². The summed E-state index contributed by atoms with van der Waals surface area (Å²) in [5.41, 5.74) is 1.34. The van der Waals surface area contributed by atoms with Gasteiger partial charge in [-0.3, -0.25) is 0 Å². The molecule has 0 aliphatic carbocycles. The highest BCUT2D eigenvalue weighted by atomic mass is 32.1. The second-order valence-corrected chi connectivity index (χ2v) is 7.86. The third kappa shape index (κ3) is 2.85. The lowest BCUT2D eigenvalue weighted by Crippen LogP contribution is -2.41. The first-order chi connectivity index (χ1) is 10.3. The van der Waals surface area contributed by atoms with E-state index in [2.05, 4.69) is 51.4 Å². The maximum Gasteiger partial charge on any atom is 0.491 e. The average molecular weight is 333 g/mol. The maximum absolute atomic E-state index is 6.10. The molecule has 0 atom stereocenters. The van der Waals surface area contributed by atoms with Crippen LogP contribution in [0, 0.1) is 0 Å². The average Bonchev–Trinajstić information content (AvgIpc) is 2.94. The molecule has 1 aliphatic rings. The number of hydrogen-bond donors (Lipinski definition) is 1. The van der Waals surface area contributed by atoms with Crippen LogP contribution in [0.25, 0.3) is 16.3 Å². The first-order valence-electron chi connectivity index (χ1n) is 7.35. The number of rotatable bonds is 3. The predicted octanol–water partition coefficient (Wildman–Crippen LogP) is 4.24. The summed E-state index contributed by atoms with van der Waals surface area (Å²) in [5.74, 6) is 0.576. The number of thiol groups is 1. The summed E-state index contributed by atoms with van der Waals surface area (Å²) in [6.07, 6.45) is 2.04. The number of benzene rings is 1. The van der Waals surface area contributed by atoms with Crippen LogP contribution in [0.5, 0.6) is 0 Å². The summed E-state index contributed by atoms with van der Waals surface area (Å²) in [7, 11) is -0.366. The number of nitrogens with zero attached hydrogens (tertiary/aromatic N) is 1. The van der Waals surface area contributed by atoms with Crippen molar-refractivity contribution in [2.24, 2.45) is 0 Å². The van der Waals surface area contributed by atoms with Gasteiger partial charge in [-0.2, -0.15) is 12.6 Å². The second-order valence-electron chi connectivity index (χ2n) is 6.49. The Morgan fingerprint density at radius 2 is 1.86 bits per heavy atom. The SMILES string of the molecule is CC1(C)OB(C(=Cc2nc3ccccc3s2)CS)OC1(C)C. The molecule has 1 aliphatic heterocycles. The van der Waals surface area contributed by atoms with Gasteiger partial charge in [-0.15, -0.1) is 11.3 Å². The Bertz CT molecular complexity index is 675. The Morgan fingerprint density at radius 1 is 1.23 bits per heavy atom. The van der Waals surface area contributed by atoms with Gasteiger partial charge in [0.1, 0.15) is 5.01 Å². The van der Waals surface area contributed by atoms with Gasteiger partial charge in [0.2, 0.25) is 0 Å². The summed E-state index contributed by atoms with van der Waals surface area (Å²) in [6, 6.07) is 8.14. The Morgan fingerprint density at radius 3 is 2.45 bits per heavy atom. The van der Waals surface area contributed by atoms with Crippen LogP contribution in [0.4, 0.5) is 0 Å². The first kappa shape index (κ1) is 16.1. The fraction of sp³-hybridized carbons (Fsp3) is 0.438. The van der Waals surface area contributed by atoms with E-state index in [-0.39, 0.29) is 18.3 Å². The van der Waals surface area contributed by atoms with Gasteiger partial charge in [0.05, 0.1) is 21.4 Å². The molecule has 6 heteroatoms. The van der Waals surface area contributed by atoms with Crippen LogP contribution in [-0.2, 0) is 9.31 Å². The van der Waals surface area contributed by atoms with Gasteiger partial charge in [-0.1, -0.05) is 12.1 Å². The molecule has 0 N–H and O–H groups in total. The van der Waals surface area contributed by atoms with Crippen molar-refractivity contribution in [2.75, 3.05) is 5.75 Å². The van der Waals surface area contributed by atoms with Crippen molar-refractivity contribution in [3.05, 3.63) is 34.7 Å². The van der Waals surface area contributed by atoms with E-state index in [1.54, 1.807) is 11.3 Å². The normalized spacial score (nSPS) is 20.8. The fourth-order valence-corrected chi connectivity index (χ4v) is 3.48. The van der Waals surface area contributed by atoms with Crippen molar-refractivity contribution in [1.82, 2.24) is 4.98 Å². The summed E-state index contributed by atoms with van der Waals surface area (Å²) < 4.78 is 13.4. The fourth-order valence-electron chi connectivity index (χ4n) is 2.29. The van der Waals surface area contributed by atoms with Crippen molar-refractivity contribution >= 4 is 47.4 Å². The van der Waals surface area contributed by atoms with E-state index in [0.717, 1.165) is 16.0 Å². The van der Waals surface area contributed by atoms with Gasteiger partial charge >= 0.3 is 7.12 Å². The van der Waals surface area contributed by atoms with E-state index in [4.69, 9.17) is 9.31 Å². The number of para-hydroxylation sites is 1. The van der Waals surface area contributed by atoms with Gasteiger partial charge in [-0.05, 0) is 51.4 Å². The van der Waals surface area contributed by atoms with Crippen molar-refractivity contribution in [3.63, 3.8) is 0 Å². The van der Waals surface area contributed by atoms with E-state index in [0.29, 0.717) is 5.75 Å². The molecule has 1 fully saturated rings. The zero-order valence-corrected chi connectivity index (χ0v) is 15.0. The molecule has 116 valence electrons. The van der Waals surface area contributed by atoms with Crippen LogP contribution >= 0.6 is 24.0 Å². The van der Waals surface area contributed by atoms with Gasteiger partial charge in [0.25, 0.3) is 0 Å². The van der Waals surface area contributed by atoms with Crippen molar-refractivity contribution in [1.29, 1.82) is 0 Å². The molecular formula is C16H20BNO2S2. The molecule has 22 heavy (non-hydrogen) atoms. The zero-order valence-electron chi connectivity index (χ0n) is 13.3. The van der Waals surface area contributed by atoms with E-state index in [9.17, 15) is 0 Å². The molecule has 0 radical (unpaired) electrons. The topological polar surface area (TPSA) is 31.4 Å². The minimum absolute atomic E-state index is 0.340. The quantitative estimate of drug-likeness (QED) is 0.673. The molecular weight excluding hydrogens is 313 g/mol. The van der Waals surface area contributed by atoms with Crippen LogP contribution in [0.1, 0.15) is 32.7 Å². The Labute approximate surface area is 141 Å². The first-order valence-corrected chi connectivity index (χ1v) is 8.80. The van der Waals surface area contributed by atoms with Gasteiger partial charge in [0, 0.05) is 5.75 Å². The monoisotopic (exact) mass is 333 g/mol. The van der Waals surface area contributed by atoms with E-state index in [1.165, 1.54) is 4.70 Å². The van der Waals surface area contributed by atoms with Crippen molar-refractivity contribution in [2.45, 2.75) is 38.9 Å². The third-order valence-corrected chi connectivity index (χ3v) is 5.71. The Kier molecular flexibility index (Phi) is 4.14. The lowest BCUT2D eigenvalue weighted by Gasteiger charge is -2.32. The molecule has 0 bridgehead atoms. The number of aromatic nitrogens is 1. The molecule has 3 nitrogen and oxygen atoms in total. The zero-order chi connectivity index (χ0) is 16.0. The third-order valence-electron chi connectivity index (χ3n) is 4.36. The molecule has 0 unspecified atom stereocenters. The Balaban J connectivity index is 1.91. The predicted molar refractivity (Wildman–Crippen MR) is 97.5 cm³/mol. The van der Waals surface area contributed by atoms with Gasteiger partial charge < -0.3 is 9.31 Å². The largest absolute Gasteiger partial charge is 0.491 e. The maximum atomic E-state index is 6.10. The van der Waals surface area contributed by atoms with Crippen LogP contribution in [0.15, 0.2) is 29.7 Å². The highest BCUT2D eigenvalue weighted by Crippen LogP contribution is 2.39. The van der Waals surface area contributed by atoms with Crippen LogP contribution in [0.3, 0.4) is 0 Å². The molecule has 1 aromatic heterocycles. The van der Waals surface area contributed by atoms with Crippen molar-refractivity contribution < 1.29 is 9.31 Å². The van der Waals surface area contributed by atoms with E-state index < -0.39 is 0 Å². The highest BCUT2D eigenvalue weighted by Gasteiger charge is 2.52. The number of hydrogen-bond acceptors (Lipinski definition) is 5. The van der Waals surface area contributed by atoms with E-state index in [1.807, 2.05) is 24.3 Å². The second kappa shape index (κ2) is 5.67. The molecule has 0 spiro atoms. The van der Waals surface area contributed by atoms with Crippen LogP contribution in [0.2, 0.25) is 0 Å². The van der Waals surface area contributed by atoms with Crippen LogP contribution in [-0.4, -0.2) is 29.1 Å². The molecule has 2 aromatic rings. The smallest absolute Gasteiger partial charge is 0.400 e. The summed E-state index contributed by atoms with van der Waals surface area (Å²) in [6.45, 7) is 8.23. The number of thiazole rings is 1. The minimum Gasteiger partial charge on any atom is -0.400 e. The molecule has 2 heterocycles. The highest BCUT2D eigenvalue weighted by molar-refractivity contribution is 7.80. The molecule has 0 amide bonds. The number of fused-ring (bicyclic) bond motifs is 1. The molecule has 3 rings (SSSR count). The standard InChI is InChI=1S/C16H20BNO2S2/c1-15(2)16(3,4)20-17(19-15)11(10-21)9-14-18-12-7-5-6-8-13(12)22-14/h5-9,21H,10H2,1-4H3. The molecule has 1 aromatic carbocycles. The summed E-state index contributed by atoms with van der Waals surface area (Å²) in [5, 5.41) is 0.958. The lowest BCUT2D eigenvalue weighted by molar-refractivity contribution is 0.00578. The van der Waals surface area contributed by atoms with E-state index >= 15 is 0 Å². The molecule has 1 saturated heterocycles. The van der Waals surface area contributed by atoms with Gasteiger partial charge in [0.15, 0.2) is 0 Å².